The predicted octanol–water partition coefficient (Wildman–Crippen LogP) is 2.15. The van der Waals surface area contributed by atoms with Gasteiger partial charge in [0.2, 0.25) is 5.91 Å². The Morgan fingerprint density at radius 3 is 3.00 bits per heavy atom. The highest BCUT2D eigenvalue weighted by molar-refractivity contribution is 5.85. The first-order chi connectivity index (χ1) is 10.3. The van der Waals surface area contributed by atoms with Crippen LogP contribution in [-0.4, -0.2) is 32.1 Å². The van der Waals surface area contributed by atoms with Crippen molar-refractivity contribution in [2.45, 2.75) is 25.4 Å². The highest BCUT2D eigenvalue weighted by Crippen LogP contribution is 2.29. The Morgan fingerprint density at radius 2 is 2.18 bits per heavy atom. The quantitative estimate of drug-likeness (QED) is 0.835. The van der Waals surface area contributed by atoms with E-state index in [0.29, 0.717) is 19.6 Å². The molecule has 4 nitrogen and oxygen atoms in total. The maximum atomic E-state index is 12.1. The summed E-state index contributed by atoms with van der Waals surface area (Å²) >= 11 is 0. The number of hydrogen-bond acceptors (Lipinski definition) is 3. The van der Waals surface area contributed by atoms with Crippen molar-refractivity contribution in [1.29, 1.82) is 0 Å². The van der Waals surface area contributed by atoms with E-state index in [1.807, 2.05) is 12.1 Å². The van der Waals surface area contributed by atoms with Gasteiger partial charge in [-0.25, -0.2) is 0 Å². The number of amides is 1. The van der Waals surface area contributed by atoms with Crippen LogP contribution in [0, 0.1) is 0 Å². The van der Waals surface area contributed by atoms with Gasteiger partial charge in [-0.15, -0.1) is 12.4 Å². The van der Waals surface area contributed by atoms with Crippen molar-refractivity contribution in [2.75, 3.05) is 26.2 Å². The SMILES string of the molecule is Cl.O=C(CC1OCCc2ccccc21)NCC1=CCNCC1. The second kappa shape index (κ2) is 8.32. The minimum Gasteiger partial charge on any atom is -0.373 e. The average Bonchev–Trinajstić information content (AvgIpc) is 2.54. The van der Waals surface area contributed by atoms with Crippen LogP contribution in [0.25, 0.3) is 0 Å². The number of rotatable bonds is 4. The lowest BCUT2D eigenvalue weighted by Crippen LogP contribution is -2.31. The molecule has 1 aromatic carbocycles. The third-order valence-corrected chi connectivity index (χ3v) is 4.13. The van der Waals surface area contributed by atoms with Gasteiger partial charge in [-0.3, -0.25) is 4.79 Å². The number of fused-ring (bicyclic) bond motifs is 1. The molecular formula is C17H23ClN2O2. The monoisotopic (exact) mass is 322 g/mol. The highest BCUT2D eigenvalue weighted by Gasteiger charge is 2.22. The van der Waals surface area contributed by atoms with Crippen LogP contribution in [0.3, 0.4) is 0 Å². The van der Waals surface area contributed by atoms with Crippen LogP contribution in [0.5, 0.6) is 0 Å². The first kappa shape index (κ1) is 17.0. The maximum Gasteiger partial charge on any atom is 0.223 e. The topological polar surface area (TPSA) is 50.4 Å². The zero-order valence-electron chi connectivity index (χ0n) is 12.6. The molecule has 2 heterocycles. The molecule has 2 aliphatic heterocycles. The number of ether oxygens (including phenoxy) is 1. The Hall–Kier alpha value is -1.36. The fourth-order valence-corrected chi connectivity index (χ4v) is 2.93. The first-order valence-corrected chi connectivity index (χ1v) is 7.67. The molecule has 0 aromatic heterocycles. The van der Waals surface area contributed by atoms with Gasteiger partial charge < -0.3 is 15.4 Å². The summed E-state index contributed by atoms with van der Waals surface area (Å²) in [6.45, 7) is 3.27. The second-order valence-corrected chi connectivity index (χ2v) is 5.61. The Bertz CT molecular complexity index is 545. The van der Waals surface area contributed by atoms with Gasteiger partial charge in [0.1, 0.15) is 0 Å². The molecular weight excluding hydrogens is 300 g/mol. The Kier molecular flexibility index (Phi) is 6.43. The zero-order valence-corrected chi connectivity index (χ0v) is 13.5. The lowest BCUT2D eigenvalue weighted by molar-refractivity contribution is -0.124. The van der Waals surface area contributed by atoms with Gasteiger partial charge in [0, 0.05) is 13.1 Å². The molecule has 3 rings (SSSR count). The van der Waals surface area contributed by atoms with Crippen LogP contribution in [0.2, 0.25) is 0 Å². The molecule has 1 atom stereocenters. The largest absolute Gasteiger partial charge is 0.373 e. The van der Waals surface area contributed by atoms with E-state index in [-0.39, 0.29) is 24.4 Å². The third kappa shape index (κ3) is 4.32. The summed E-state index contributed by atoms with van der Waals surface area (Å²) in [5, 5.41) is 6.29. The molecule has 2 aliphatic rings. The molecule has 0 saturated carbocycles. The lowest BCUT2D eigenvalue weighted by atomic mass is 9.95. The summed E-state index contributed by atoms with van der Waals surface area (Å²) in [5.74, 6) is 0.0659. The standard InChI is InChI=1S/C17H22N2O2.ClH/c20-17(19-12-13-5-8-18-9-6-13)11-16-15-4-2-1-3-14(15)7-10-21-16;/h1-5,16,18H,6-12H2,(H,19,20);1H. The van der Waals surface area contributed by atoms with E-state index in [4.69, 9.17) is 4.74 Å². The fraction of sp³-hybridized carbons (Fsp3) is 0.471. The molecule has 0 spiro atoms. The van der Waals surface area contributed by atoms with Crippen LogP contribution in [0.1, 0.15) is 30.1 Å². The Morgan fingerprint density at radius 1 is 1.32 bits per heavy atom. The summed E-state index contributed by atoms with van der Waals surface area (Å²) in [5.41, 5.74) is 3.79. The number of benzene rings is 1. The van der Waals surface area contributed by atoms with Gasteiger partial charge in [0.15, 0.2) is 0 Å². The van der Waals surface area contributed by atoms with Crippen LogP contribution in [-0.2, 0) is 16.0 Å². The van der Waals surface area contributed by atoms with Gasteiger partial charge in [-0.1, -0.05) is 35.9 Å². The van der Waals surface area contributed by atoms with Crippen molar-refractivity contribution in [3.05, 3.63) is 47.0 Å². The number of carbonyl (C=O) groups excluding carboxylic acids is 1. The van der Waals surface area contributed by atoms with Crippen molar-refractivity contribution >= 4 is 18.3 Å². The van der Waals surface area contributed by atoms with Crippen LogP contribution >= 0.6 is 12.4 Å². The summed E-state index contributed by atoms with van der Waals surface area (Å²) in [4.78, 5) is 12.1. The fourth-order valence-electron chi connectivity index (χ4n) is 2.93. The van der Waals surface area contributed by atoms with Crippen LogP contribution in [0.4, 0.5) is 0 Å². The number of halogens is 1. The van der Waals surface area contributed by atoms with Gasteiger partial charge >= 0.3 is 0 Å². The van der Waals surface area contributed by atoms with Gasteiger partial charge in [0.25, 0.3) is 0 Å². The summed E-state index contributed by atoms with van der Waals surface area (Å²) < 4.78 is 5.78. The zero-order chi connectivity index (χ0) is 14.5. The van der Waals surface area contributed by atoms with E-state index in [1.54, 1.807) is 0 Å². The highest BCUT2D eigenvalue weighted by atomic mass is 35.5. The molecule has 5 heteroatoms. The van der Waals surface area contributed by atoms with Gasteiger partial charge in [-0.2, -0.15) is 0 Å². The second-order valence-electron chi connectivity index (χ2n) is 5.61. The number of nitrogens with one attached hydrogen (secondary N) is 2. The molecule has 1 unspecified atom stereocenters. The van der Waals surface area contributed by atoms with Crippen molar-refractivity contribution in [2.24, 2.45) is 0 Å². The smallest absolute Gasteiger partial charge is 0.223 e. The molecule has 0 saturated heterocycles. The molecule has 0 fully saturated rings. The molecule has 22 heavy (non-hydrogen) atoms. The summed E-state index contributed by atoms with van der Waals surface area (Å²) in [6, 6.07) is 8.26. The van der Waals surface area contributed by atoms with Crippen molar-refractivity contribution in [1.82, 2.24) is 10.6 Å². The Labute approximate surface area is 137 Å². The van der Waals surface area contributed by atoms with E-state index in [0.717, 1.165) is 25.9 Å². The minimum atomic E-state index is -0.100. The lowest BCUT2D eigenvalue weighted by Gasteiger charge is -2.25. The molecule has 120 valence electrons. The van der Waals surface area contributed by atoms with E-state index in [2.05, 4.69) is 28.8 Å². The molecule has 1 aromatic rings. The predicted molar refractivity (Wildman–Crippen MR) is 89.3 cm³/mol. The third-order valence-electron chi connectivity index (χ3n) is 4.13. The summed E-state index contributed by atoms with van der Waals surface area (Å²) in [6.07, 6.45) is 4.42. The molecule has 1 amide bonds. The van der Waals surface area contributed by atoms with Gasteiger partial charge in [-0.05, 0) is 30.5 Å². The van der Waals surface area contributed by atoms with E-state index < -0.39 is 0 Å². The molecule has 2 N–H and O–H groups in total. The van der Waals surface area contributed by atoms with E-state index in [9.17, 15) is 4.79 Å². The summed E-state index contributed by atoms with van der Waals surface area (Å²) in [7, 11) is 0. The Balaban J connectivity index is 0.00000176. The van der Waals surface area contributed by atoms with Crippen molar-refractivity contribution < 1.29 is 9.53 Å². The molecule has 0 bridgehead atoms. The van der Waals surface area contributed by atoms with Crippen LogP contribution < -0.4 is 10.6 Å². The normalized spacial score (nSPS) is 20.4. The first-order valence-electron chi connectivity index (χ1n) is 7.67. The number of hydrogen-bond donors (Lipinski definition) is 2. The molecule has 0 aliphatic carbocycles. The number of carbonyl (C=O) groups is 1. The minimum absolute atomic E-state index is 0. The van der Waals surface area contributed by atoms with E-state index in [1.165, 1.54) is 16.7 Å². The molecule has 0 radical (unpaired) electrons. The maximum absolute atomic E-state index is 12.1. The van der Waals surface area contributed by atoms with Crippen LogP contribution in [0.15, 0.2) is 35.9 Å². The van der Waals surface area contributed by atoms with Crippen molar-refractivity contribution in [3.63, 3.8) is 0 Å². The average molecular weight is 323 g/mol. The van der Waals surface area contributed by atoms with Crippen molar-refractivity contribution in [3.8, 4) is 0 Å². The van der Waals surface area contributed by atoms with E-state index >= 15 is 0 Å². The van der Waals surface area contributed by atoms with Gasteiger partial charge in [0.05, 0.1) is 19.1 Å².